The van der Waals surface area contributed by atoms with Crippen molar-refractivity contribution in [2.24, 2.45) is 0 Å². The van der Waals surface area contributed by atoms with E-state index in [0.717, 1.165) is 21.7 Å². The second-order valence-corrected chi connectivity index (χ2v) is 6.18. The van der Waals surface area contributed by atoms with Gasteiger partial charge in [0.25, 0.3) is 5.91 Å². The number of fused-ring (bicyclic) bond motifs is 1. The fraction of sp³-hybridized carbons (Fsp3) is 0.167. The molecule has 23 heavy (non-hydrogen) atoms. The van der Waals surface area contributed by atoms with Crippen molar-refractivity contribution in [2.75, 3.05) is 18.2 Å². The van der Waals surface area contributed by atoms with Crippen LogP contribution in [-0.4, -0.2) is 18.8 Å². The van der Waals surface area contributed by atoms with Crippen LogP contribution in [0.15, 0.2) is 57.8 Å². The zero-order valence-electron chi connectivity index (χ0n) is 13.0. The number of para-hydroxylation sites is 2. The number of carbonyl (C=O) groups is 1. The minimum atomic E-state index is -0.271. The number of hydrogen-bond acceptors (Lipinski definition) is 4. The molecule has 1 aromatic heterocycles. The molecular weight excluding hydrogens is 310 g/mol. The molecule has 1 heterocycles. The molecule has 3 rings (SSSR count). The van der Waals surface area contributed by atoms with Gasteiger partial charge in [-0.15, -0.1) is 11.8 Å². The fourth-order valence-corrected chi connectivity index (χ4v) is 3.10. The maximum absolute atomic E-state index is 12.5. The van der Waals surface area contributed by atoms with Crippen molar-refractivity contribution < 1.29 is 13.9 Å². The van der Waals surface area contributed by atoms with E-state index in [0.29, 0.717) is 11.3 Å². The molecule has 0 bridgehead atoms. The molecule has 0 aliphatic heterocycles. The van der Waals surface area contributed by atoms with Crippen LogP contribution in [0.25, 0.3) is 11.0 Å². The maximum atomic E-state index is 12.5. The highest BCUT2D eigenvalue weighted by molar-refractivity contribution is 7.99. The van der Waals surface area contributed by atoms with Crippen LogP contribution in [0.1, 0.15) is 17.5 Å². The number of hydrogen-bond donors (Lipinski definition) is 1. The van der Waals surface area contributed by atoms with Crippen molar-refractivity contribution >= 4 is 34.3 Å². The number of amides is 1. The summed E-state index contributed by atoms with van der Waals surface area (Å²) in [5.74, 6) is 1.55. The van der Waals surface area contributed by atoms with E-state index in [9.17, 15) is 4.79 Å². The molecule has 0 saturated carbocycles. The van der Waals surface area contributed by atoms with Crippen LogP contribution in [0.5, 0.6) is 5.75 Å². The molecule has 0 saturated heterocycles. The Balaban J connectivity index is 1.89. The van der Waals surface area contributed by atoms with Crippen molar-refractivity contribution in [3.05, 3.63) is 54.3 Å². The standard InChI is InChI=1S/C18H17NO3S/c1-3-23-16-10-5-4-8-13(16)19-18(20)15-11-12-7-6-9-14(21-2)17(12)22-15/h4-11H,3H2,1-2H3,(H,19,20). The van der Waals surface area contributed by atoms with E-state index in [1.54, 1.807) is 31.0 Å². The molecule has 0 atom stereocenters. The number of anilines is 1. The van der Waals surface area contributed by atoms with Crippen LogP contribution in [0.4, 0.5) is 5.69 Å². The number of rotatable bonds is 5. The average molecular weight is 327 g/mol. The van der Waals surface area contributed by atoms with Gasteiger partial charge in [-0.05, 0) is 30.0 Å². The molecule has 0 spiro atoms. The van der Waals surface area contributed by atoms with Gasteiger partial charge in [0.05, 0.1) is 12.8 Å². The largest absolute Gasteiger partial charge is 0.493 e. The Bertz CT molecular complexity index is 841. The smallest absolute Gasteiger partial charge is 0.291 e. The molecule has 0 unspecified atom stereocenters. The van der Waals surface area contributed by atoms with E-state index in [-0.39, 0.29) is 11.7 Å². The molecule has 0 aliphatic carbocycles. The first kappa shape index (κ1) is 15.5. The van der Waals surface area contributed by atoms with Crippen LogP contribution in [0.3, 0.4) is 0 Å². The van der Waals surface area contributed by atoms with Crippen LogP contribution < -0.4 is 10.1 Å². The van der Waals surface area contributed by atoms with E-state index in [1.807, 2.05) is 36.4 Å². The predicted molar refractivity (Wildman–Crippen MR) is 93.6 cm³/mol. The topological polar surface area (TPSA) is 51.5 Å². The minimum absolute atomic E-state index is 0.265. The first-order valence-electron chi connectivity index (χ1n) is 7.32. The molecule has 1 N–H and O–H groups in total. The van der Waals surface area contributed by atoms with Crippen molar-refractivity contribution in [2.45, 2.75) is 11.8 Å². The van der Waals surface area contributed by atoms with Crippen LogP contribution >= 0.6 is 11.8 Å². The van der Waals surface area contributed by atoms with E-state index in [4.69, 9.17) is 9.15 Å². The summed E-state index contributed by atoms with van der Waals surface area (Å²) in [6.45, 7) is 2.08. The average Bonchev–Trinajstić information content (AvgIpc) is 3.01. The molecule has 0 radical (unpaired) electrons. The monoisotopic (exact) mass is 327 g/mol. The lowest BCUT2D eigenvalue weighted by atomic mass is 10.2. The molecule has 5 heteroatoms. The quantitative estimate of drug-likeness (QED) is 0.684. The molecule has 2 aromatic carbocycles. The van der Waals surface area contributed by atoms with Crippen LogP contribution in [-0.2, 0) is 0 Å². The number of furan rings is 1. The number of carbonyl (C=O) groups excluding carboxylic acids is 1. The normalized spacial score (nSPS) is 10.7. The lowest BCUT2D eigenvalue weighted by molar-refractivity contribution is 0.0998. The third-order valence-corrected chi connectivity index (χ3v) is 4.34. The second-order valence-electron chi connectivity index (χ2n) is 4.87. The van der Waals surface area contributed by atoms with Gasteiger partial charge in [0.15, 0.2) is 17.1 Å². The highest BCUT2D eigenvalue weighted by atomic mass is 32.2. The Morgan fingerprint density at radius 2 is 2.04 bits per heavy atom. The number of nitrogens with one attached hydrogen (secondary N) is 1. The van der Waals surface area contributed by atoms with Gasteiger partial charge in [0.1, 0.15) is 0 Å². The number of ether oxygens (including phenoxy) is 1. The van der Waals surface area contributed by atoms with Gasteiger partial charge in [-0.25, -0.2) is 0 Å². The Morgan fingerprint density at radius 3 is 2.83 bits per heavy atom. The summed E-state index contributed by atoms with van der Waals surface area (Å²) in [5, 5.41) is 3.75. The predicted octanol–water partition coefficient (Wildman–Crippen LogP) is 4.81. The fourth-order valence-electron chi connectivity index (χ4n) is 2.34. The summed E-state index contributed by atoms with van der Waals surface area (Å²) in [7, 11) is 1.58. The molecule has 4 nitrogen and oxygen atoms in total. The molecule has 1 amide bonds. The van der Waals surface area contributed by atoms with E-state index >= 15 is 0 Å². The minimum Gasteiger partial charge on any atom is -0.493 e. The van der Waals surface area contributed by atoms with Crippen molar-refractivity contribution in [1.82, 2.24) is 0 Å². The molecule has 0 fully saturated rings. The lowest BCUT2D eigenvalue weighted by Crippen LogP contribution is -2.11. The number of methoxy groups -OCH3 is 1. The van der Waals surface area contributed by atoms with Gasteiger partial charge in [0, 0.05) is 10.3 Å². The third kappa shape index (κ3) is 3.19. The Morgan fingerprint density at radius 1 is 1.22 bits per heavy atom. The SMILES string of the molecule is CCSc1ccccc1NC(=O)c1cc2cccc(OC)c2o1. The van der Waals surface area contributed by atoms with Crippen LogP contribution in [0, 0.1) is 0 Å². The zero-order chi connectivity index (χ0) is 16.2. The lowest BCUT2D eigenvalue weighted by Gasteiger charge is -2.08. The Kier molecular flexibility index (Phi) is 4.57. The van der Waals surface area contributed by atoms with Gasteiger partial charge < -0.3 is 14.5 Å². The van der Waals surface area contributed by atoms with Crippen molar-refractivity contribution in [3.63, 3.8) is 0 Å². The molecule has 118 valence electrons. The summed E-state index contributed by atoms with van der Waals surface area (Å²) in [4.78, 5) is 13.5. The summed E-state index contributed by atoms with van der Waals surface area (Å²) in [5.41, 5.74) is 1.37. The van der Waals surface area contributed by atoms with E-state index in [2.05, 4.69) is 12.2 Å². The number of benzene rings is 2. The first-order valence-corrected chi connectivity index (χ1v) is 8.31. The summed E-state index contributed by atoms with van der Waals surface area (Å²) in [6.07, 6.45) is 0. The second kappa shape index (κ2) is 6.79. The molecule has 3 aromatic rings. The van der Waals surface area contributed by atoms with Gasteiger partial charge in [0.2, 0.25) is 0 Å². The highest BCUT2D eigenvalue weighted by Crippen LogP contribution is 2.30. The van der Waals surface area contributed by atoms with Crippen LogP contribution in [0.2, 0.25) is 0 Å². The summed E-state index contributed by atoms with van der Waals surface area (Å²) >= 11 is 1.68. The Hall–Kier alpha value is -2.40. The van der Waals surface area contributed by atoms with Crippen molar-refractivity contribution in [3.8, 4) is 5.75 Å². The van der Waals surface area contributed by atoms with Gasteiger partial charge in [-0.2, -0.15) is 0 Å². The first-order chi connectivity index (χ1) is 11.2. The highest BCUT2D eigenvalue weighted by Gasteiger charge is 2.16. The molecule has 0 aliphatic rings. The van der Waals surface area contributed by atoms with Gasteiger partial charge in [-0.3, -0.25) is 4.79 Å². The van der Waals surface area contributed by atoms with Crippen molar-refractivity contribution in [1.29, 1.82) is 0 Å². The van der Waals surface area contributed by atoms with E-state index in [1.165, 1.54) is 0 Å². The van der Waals surface area contributed by atoms with E-state index < -0.39 is 0 Å². The summed E-state index contributed by atoms with van der Waals surface area (Å²) in [6, 6.07) is 15.0. The van der Waals surface area contributed by atoms with Gasteiger partial charge in [-0.1, -0.05) is 31.2 Å². The maximum Gasteiger partial charge on any atom is 0.291 e. The number of thioether (sulfide) groups is 1. The zero-order valence-corrected chi connectivity index (χ0v) is 13.8. The third-order valence-electron chi connectivity index (χ3n) is 3.39. The summed E-state index contributed by atoms with van der Waals surface area (Å²) < 4.78 is 10.9. The molecular formula is C18H17NO3S. The van der Waals surface area contributed by atoms with Gasteiger partial charge >= 0.3 is 0 Å². The Labute approximate surface area is 138 Å².